The maximum absolute atomic E-state index is 11.2. The van der Waals surface area contributed by atoms with Crippen LogP contribution < -0.4 is 16.9 Å². The zero-order chi connectivity index (χ0) is 15.1. The summed E-state index contributed by atoms with van der Waals surface area (Å²) in [6.45, 7) is 7.85. The predicted molar refractivity (Wildman–Crippen MR) is 77.3 cm³/mol. The van der Waals surface area contributed by atoms with Crippen LogP contribution in [0.25, 0.3) is 0 Å². The van der Waals surface area contributed by atoms with Crippen molar-refractivity contribution in [3.8, 4) is 0 Å². The fourth-order valence-electron chi connectivity index (χ4n) is 2.04. The third-order valence-corrected chi connectivity index (χ3v) is 3.92. The predicted octanol–water partition coefficient (Wildman–Crippen LogP) is -0.00920. The van der Waals surface area contributed by atoms with Crippen LogP contribution in [0, 0.1) is 0 Å². The Morgan fingerprint density at radius 3 is 2.35 bits per heavy atom. The van der Waals surface area contributed by atoms with Crippen LogP contribution in [0.3, 0.4) is 0 Å². The summed E-state index contributed by atoms with van der Waals surface area (Å²) in [7, 11) is -0.584. The molecule has 0 atom stereocenters. The first kappa shape index (κ1) is 14.8. The molecule has 0 radical (unpaired) electrons. The van der Waals surface area contributed by atoms with Crippen molar-refractivity contribution in [1.29, 1.82) is 0 Å². The standard InChI is InChI=1S/C13H20BN3O3/c1-12(2)13(3,4)20-14(19-12)9-6-10(15)17-7-8(9)5-11(16)18/h6-7H,5H2,1-4H3,(H2,15,17)(H2,16,18). The number of hydrogen-bond donors (Lipinski definition) is 2. The largest absolute Gasteiger partial charge is 0.495 e. The van der Waals surface area contributed by atoms with Crippen molar-refractivity contribution >= 4 is 24.3 Å². The van der Waals surface area contributed by atoms with E-state index in [1.165, 1.54) is 0 Å². The van der Waals surface area contributed by atoms with Gasteiger partial charge in [0.25, 0.3) is 0 Å². The molecule has 0 spiro atoms. The van der Waals surface area contributed by atoms with Crippen LogP contribution in [0.2, 0.25) is 0 Å². The van der Waals surface area contributed by atoms with Gasteiger partial charge in [0.1, 0.15) is 5.82 Å². The third kappa shape index (κ3) is 2.64. The van der Waals surface area contributed by atoms with Crippen molar-refractivity contribution in [2.75, 3.05) is 5.73 Å². The third-order valence-electron chi connectivity index (χ3n) is 3.92. The van der Waals surface area contributed by atoms with E-state index in [9.17, 15) is 4.79 Å². The SMILES string of the molecule is CC1(C)OB(c2cc(N)ncc2CC(N)=O)OC1(C)C. The summed E-state index contributed by atoms with van der Waals surface area (Å²) in [5, 5.41) is 0. The summed E-state index contributed by atoms with van der Waals surface area (Å²) in [5.74, 6) is -0.0859. The zero-order valence-corrected chi connectivity index (χ0v) is 12.3. The number of carbonyl (C=O) groups excluding carboxylic acids is 1. The number of amides is 1. The average molecular weight is 277 g/mol. The Hall–Kier alpha value is -1.60. The van der Waals surface area contributed by atoms with Gasteiger partial charge in [-0.25, -0.2) is 4.98 Å². The molecule has 1 aromatic heterocycles. The van der Waals surface area contributed by atoms with E-state index in [0.29, 0.717) is 16.8 Å². The number of aromatic nitrogens is 1. The van der Waals surface area contributed by atoms with Crippen LogP contribution in [0.15, 0.2) is 12.3 Å². The molecule has 6 nitrogen and oxygen atoms in total. The highest BCUT2D eigenvalue weighted by molar-refractivity contribution is 6.62. The molecule has 0 bridgehead atoms. The fraction of sp³-hybridized carbons (Fsp3) is 0.538. The second kappa shape index (κ2) is 4.75. The maximum Gasteiger partial charge on any atom is 0.495 e. The second-order valence-electron chi connectivity index (χ2n) is 6.04. The van der Waals surface area contributed by atoms with E-state index < -0.39 is 24.2 Å². The minimum Gasteiger partial charge on any atom is -0.399 e. The van der Waals surface area contributed by atoms with Gasteiger partial charge < -0.3 is 20.8 Å². The van der Waals surface area contributed by atoms with Crippen LogP contribution in [0.4, 0.5) is 5.82 Å². The molecule has 1 amide bonds. The topological polar surface area (TPSA) is 100 Å². The lowest BCUT2D eigenvalue weighted by Gasteiger charge is -2.32. The minimum absolute atomic E-state index is 0.0761. The molecule has 1 aromatic rings. The lowest BCUT2D eigenvalue weighted by molar-refractivity contribution is -0.117. The molecule has 1 aliphatic heterocycles. The van der Waals surface area contributed by atoms with E-state index in [2.05, 4.69) is 4.98 Å². The van der Waals surface area contributed by atoms with Crippen LogP contribution in [-0.4, -0.2) is 29.2 Å². The maximum atomic E-state index is 11.2. The highest BCUT2D eigenvalue weighted by Crippen LogP contribution is 2.36. The van der Waals surface area contributed by atoms with E-state index in [1.807, 2.05) is 27.7 Å². The lowest BCUT2D eigenvalue weighted by atomic mass is 9.76. The number of hydrogen-bond acceptors (Lipinski definition) is 5. The Bertz CT molecular complexity index is 530. The van der Waals surface area contributed by atoms with Crippen molar-refractivity contribution in [2.24, 2.45) is 5.73 Å². The highest BCUT2D eigenvalue weighted by Gasteiger charge is 2.52. The fourth-order valence-corrected chi connectivity index (χ4v) is 2.04. The summed E-state index contributed by atoms with van der Waals surface area (Å²) in [4.78, 5) is 15.2. The zero-order valence-electron chi connectivity index (χ0n) is 12.3. The number of nitrogen functional groups attached to an aromatic ring is 1. The number of rotatable bonds is 3. The van der Waals surface area contributed by atoms with E-state index in [1.54, 1.807) is 12.3 Å². The Morgan fingerprint density at radius 2 is 1.85 bits per heavy atom. The molecule has 20 heavy (non-hydrogen) atoms. The molecule has 0 aliphatic carbocycles. The van der Waals surface area contributed by atoms with Gasteiger partial charge in [0.15, 0.2) is 0 Å². The first-order valence-electron chi connectivity index (χ1n) is 6.50. The normalized spacial score (nSPS) is 20.1. The van der Waals surface area contributed by atoms with Crippen LogP contribution in [0.1, 0.15) is 33.3 Å². The van der Waals surface area contributed by atoms with Crippen molar-refractivity contribution in [1.82, 2.24) is 4.98 Å². The van der Waals surface area contributed by atoms with Gasteiger partial charge in [-0.15, -0.1) is 0 Å². The number of nitrogens with two attached hydrogens (primary N) is 2. The monoisotopic (exact) mass is 277 g/mol. The molecule has 108 valence electrons. The summed E-state index contributed by atoms with van der Waals surface area (Å²) >= 11 is 0. The molecular weight excluding hydrogens is 257 g/mol. The second-order valence-corrected chi connectivity index (χ2v) is 6.04. The van der Waals surface area contributed by atoms with Gasteiger partial charge in [-0.1, -0.05) is 0 Å². The van der Waals surface area contributed by atoms with Gasteiger partial charge >= 0.3 is 7.12 Å². The van der Waals surface area contributed by atoms with E-state index in [4.69, 9.17) is 20.8 Å². The minimum atomic E-state index is -0.584. The molecule has 0 aromatic carbocycles. The molecule has 1 saturated heterocycles. The molecule has 4 N–H and O–H groups in total. The Labute approximate surface area is 119 Å². The Kier molecular flexibility index (Phi) is 3.52. The molecule has 7 heteroatoms. The van der Waals surface area contributed by atoms with Gasteiger partial charge in [-0.3, -0.25) is 4.79 Å². The summed E-state index contributed by atoms with van der Waals surface area (Å²) < 4.78 is 11.9. The summed E-state index contributed by atoms with van der Waals surface area (Å²) in [6.07, 6.45) is 1.62. The smallest absolute Gasteiger partial charge is 0.399 e. The number of primary amides is 1. The van der Waals surface area contributed by atoms with Crippen molar-refractivity contribution in [2.45, 2.75) is 45.3 Å². The Balaban J connectivity index is 2.38. The number of pyridine rings is 1. The first-order chi connectivity index (χ1) is 9.12. The van der Waals surface area contributed by atoms with Crippen molar-refractivity contribution < 1.29 is 14.1 Å². The highest BCUT2D eigenvalue weighted by atomic mass is 16.7. The molecule has 2 rings (SSSR count). The van der Waals surface area contributed by atoms with Crippen LogP contribution in [-0.2, 0) is 20.5 Å². The molecule has 1 aliphatic rings. The van der Waals surface area contributed by atoms with Gasteiger partial charge in [-0.2, -0.15) is 0 Å². The van der Waals surface area contributed by atoms with E-state index in [0.717, 1.165) is 0 Å². The van der Waals surface area contributed by atoms with Gasteiger partial charge in [0.05, 0.1) is 17.6 Å². The van der Waals surface area contributed by atoms with Crippen LogP contribution >= 0.6 is 0 Å². The number of anilines is 1. The van der Waals surface area contributed by atoms with Crippen molar-refractivity contribution in [3.63, 3.8) is 0 Å². The molecular formula is C13H20BN3O3. The average Bonchev–Trinajstić information content (AvgIpc) is 2.50. The summed E-state index contributed by atoms with van der Waals surface area (Å²) in [5.41, 5.74) is 11.4. The number of carbonyl (C=O) groups is 1. The number of nitrogens with zero attached hydrogens (tertiary/aromatic N) is 1. The van der Waals surface area contributed by atoms with Gasteiger partial charge in [0, 0.05) is 6.20 Å². The lowest BCUT2D eigenvalue weighted by Crippen LogP contribution is -2.41. The molecule has 0 unspecified atom stereocenters. The van der Waals surface area contributed by atoms with E-state index in [-0.39, 0.29) is 6.42 Å². The molecule has 1 fully saturated rings. The molecule has 0 saturated carbocycles. The van der Waals surface area contributed by atoms with Crippen LogP contribution in [0.5, 0.6) is 0 Å². The quantitative estimate of drug-likeness (QED) is 0.757. The summed E-state index contributed by atoms with van der Waals surface area (Å²) in [6, 6.07) is 1.67. The first-order valence-corrected chi connectivity index (χ1v) is 6.50. The van der Waals surface area contributed by atoms with Gasteiger partial charge in [0.2, 0.25) is 5.91 Å². The van der Waals surface area contributed by atoms with Crippen molar-refractivity contribution in [3.05, 3.63) is 17.8 Å². The molecule has 2 heterocycles. The van der Waals surface area contributed by atoms with E-state index >= 15 is 0 Å². The Morgan fingerprint density at radius 1 is 1.30 bits per heavy atom. The van der Waals surface area contributed by atoms with Gasteiger partial charge in [-0.05, 0) is 44.8 Å².